The fourth-order valence-corrected chi connectivity index (χ4v) is 4.61. The Kier molecular flexibility index (Phi) is 5.86. The molecule has 0 fully saturated rings. The van der Waals surface area contributed by atoms with Crippen molar-refractivity contribution in [3.8, 4) is 28.1 Å². The van der Waals surface area contributed by atoms with Gasteiger partial charge in [-0.1, -0.05) is 35.9 Å². The zero-order chi connectivity index (χ0) is 26.2. The van der Waals surface area contributed by atoms with Gasteiger partial charge in [0.05, 0.1) is 23.7 Å². The molecule has 6 aromatic rings. The average molecular weight is 521 g/mol. The summed E-state index contributed by atoms with van der Waals surface area (Å²) in [5.74, 6) is 0.723. The number of fused-ring (bicyclic) bond motifs is 2. The molecule has 0 saturated heterocycles. The normalized spacial score (nSPS) is 11.1. The quantitative estimate of drug-likeness (QED) is 0.248. The summed E-state index contributed by atoms with van der Waals surface area (Å²) in [7, 11) is 1.61. The standard InChI is InChI=1S/C29H21ClN6O2/c1-38-20-8-5-16(6-9-20)22-15-24(34-27-26(22)28(37)36-29(31)35-27)17-3-2-4-19(13-17)33-23-11-12-32-25-14-18(30)7-10-21(23)25/h2-15H,1H3,(H,32,33)(H3,31,34,35,36,37). The number of methoxy groups -OCH3 is 1. The predicted octanol–water partition coefficient (Wildman–Crippen LogP) is 6.19. The van der Waals surface area contributed by atoms with Gasteiger partial charge >= 0.3 is 0 Å². The highest BCUT2D eigenvalue weighted by Gasteiger charge is 2.15. The maximum atomic E-state index is 12.9. The van der Waals surface area contributed by atoms with Crippen LogP contribution in [0.4, 0.5) is 17.3 Å². The summed E-state index contributed by atoms with van der Waals surface area (Å²) in [5, 5.41) is 5.42. The maximum absolute atomic E-state index is 12.9. The van der Waals surface area contributed by atoms with Crippen molar-refractivity contribution in [1.29, 1.82) is 0 Å². The number of nitrogen functional groups attached to an aromatic ring is 1. The number of benzene rings is 3. The molecule has 3 heterocycles. The first-order valence-electron chi connectivity index (χ1n) is 11.8. The van der Waals surface area contributed by atoms with Crippen molar-refractivity contribution in [2.24, 2.45) is 0 Å². The molecule has 8 nitrogen and oxygen atoms in total. The van der Waals surface area contributed by atoms with Gasteiger partial charge in [0.1, 0.15) is 5.75 Å². The van der Waals surface area contributed by atoms with Crippen molar-refractivity contribution in [3.05, 3.63) is 100 Å². The number of hydrogen-bond acceptors (Lipinski definition) is 7. The van der Waals surface area contributed by atoms with Gasteiger partial charge < -0.3 is 15.8 Å². The molecule has 0 saturated carbocycles. The van der Waals surface area contributed by atoms with Gasteiger partial charge in [-0.2, -0.15) is 4.98 Å². The Balaban J connectivity index is 1.47. The molecule has 9 heteroatoms. The lowest BCUT2D eigenvalue weighted by Crippen LogP contribution is -2.13. The van der Waals surface area contributed by atoms with E-state index < -0.39 is 0 Å². The lowest BCUT2D eigenvalue weighted by Gasteiger charge is -2.13. The highest BCUT2D eigenvalue weighted by atomic mass is 35.5. The highest BCUT2D eigenvalue weighted by Crippen LogP contribution is 2.33. The number of nitrogens with one attached hydrogen (secondary N) is 2. The number of ether oxygens (including phenoxy) is 1. The number of nitrogens with two attached hydrogens (primary N) is 1. The van der Waals surface area contributed by atoms with Crippen LogP contribution in [0.3, 0.4) is 0 Å². The lowest BCUT2D eigenvalue weighted by molar-refractivity contribution is 0.415. The fourth-order valence-electron chi connectivity index (χ4n) is 4.45. The Bertz CT molecular complexity index is 1890. The molecule has 0 radical (unpaired) electrons. The summed E-state index contributed by atoms with van der Waals surface area (Å²) in [5.41, 5.74) is 11.3. The Labute approximate surface area is 222 Å². The van der Waals surface area contributed by atoms with Crippen LogP contribution in [0.25, 0.3) is 44.3 Å². The van der Waals surface area contributed by atoms with Crippen LogP contribution in [-0.2, 0) is 0 Å². The van der Waals surface area contributed by atoms with Gasteiger partial charge in [0.15, 0.2) is 5.65 Å². The zero-order valence-electron chi connectivity index (χ0n) is 20.2. The third-order valence-corrected chi connectivity index (χ3v) is 6.47. The first kappa shape index (κ1) is 23.4. The summed E-state index contributed by atoms with van der Waals surface area (Å²) >= 11 is 6.14. The number of aromatic nitrogens is 4. The first-order chi connectivity index (χ1) is 18.5. The molecule has 0 aliphatic carbocycles. The van der Waals surface area contributed by atoms with E-state index in [9.17, 15) is 4.79 Å². The van der Waals surface area contributed by atoms with Crippen LogP contribution < -0.4 is 21.3 Å². The van der Waals surface area contributed by atoms with E-state index in [2.05, 4.69) is 20.3 Å². The molecular formula is C29H21ClN6O2. The average Bonchev–Trinajstić information content (AvgIpc) is 2.92. The molecule has 186 valence electrons. The van der Waals surface area contributed by atoms with Gasteiger partial charge in [-0.15, -0.1) is 0 Å². The highest BCUT2D eigenvalue weighted by molar-refractivity contribution is 6.31. The van der Waals surface area contributed by atoms with Crippen LogP contribution in [0.15, 0.2) is 89.9 Å². The van der Waals surface area contributed by atoms with E-state index >= 15 is 0 Å². The maximum Gasteiger partial charge on any atom is 0.262 e. The van der Waals surface area contributed by atoms with Crippen molar-refractivity contribution in [2.45, 2.75) is 0 Å². The number of hydrogen-bond donors (Lipinski definition) is 3. The second kappa shape index (κ2) is 9.49. The SMILES string of the molecule is COc1ccc(-c2cc(-c3cccc(Nc4ccnc5cc(Cl)ccc45)c3)nc3nc(N)[nH]c(=O)c23)cc1. The number of pyridine rings is 2. The molecule has 0 amide bonds. The topological polar surface area (TPSA) is 119 Å². The second-order valence-electron chi connectivity index (χ2n) is 8.66. The van der Waals surface area contributed by atoms with Crippen LogP contribution in [0.5, 0.6) is 5.75 Å². The molecule has 0 atom stereocenters. The Morgan fingerprint density at radius 2 is 1.79 bits per heavy atom. The van der Waals surface area contributed by atoms with Gasteiger partial charge in [0.2, 0.25) is 5.95 Å². The minimum atomic E-state index is -0.350. The lowest BCUT2D eigenvalue weighted by atomic mass is 10.00. The number of anilines is 3. The van der Waals surface area contributed by atoms with Gasteiger partial charge in [-0.25, -0.2) is 4.98 Å². The molecular weight excluding hydrogens is 500 g/mol. The Hall–Kier alpha value is -4.95. The summed E-state index contributed by atoms with van der Waals surface area (Å²) in [4.78, 5) is 28.9. The summed E-state index contributed by atoms with van der Waals surface area (Å²) in [6.07, 6.45) is 1.74. The molecule has 6 rings (SSSR count). The largest absolute Gasteiger partial charge is 0.497 e. The number of H-pyrrole nitrogens is 1. The van der Waals surface area contributed by atoms with Crippen LogP contribution in [0.1, 0.15) is 0 Å². The van der Waals surface area contributed by atoms with E-state index in [1.807, 2.05) is 78.9 Å². The molecule has 0 aliphatic rings. The Morgan fingerprint density at radius 1 is 0.947 bits per heavy atom. The van der Waals surface area contributed by atoms with Gasteiger partial charge in [0, 0.05) is 39.1 Å². The van der Waals surface area contributed by atoms with Gasteiger partial charge in [-0.05, 0) is 60.2 Å². The van der Waals surface area contributed by atoms with Crippen molar-refractivity contribution in [1.82, 2.24) is 19.9 Å². The predicted molar refractivity (Wildman–Crippen MR) is 152 cm³/mol. The van der Waals surface area contributed by atoms with Crippen LogP contribution in [-0.4, -0.2) is 27.0 Å². The third kappa shape index (κ3) is 4.38. The van der Waals surface area contributed by atoms with Crippen molar-refractivity contribution in [2.75, 3.05) is 18.2 Å². The van der Waals surface area contributed by atoms with E-state index in [4.69, 9.17) is 27.1 Å². The summed E-state index contributed by atoms with van der Waals surface area (Å²) < 4.78 is 5.29. The number of nitrogens with zero attached hydrogens (tertiary/aromatic N) is 3. The van der Waals surface area contributed by atoms with Crippen molar-refractivity contribution < 1.29 is 4.74 Å². The third-order valence-electron chi connectivity index (χ3n) is 6.24. The van der Waals surface area contributed by atoms with Crippen molar-refractivity contribution in [3.63, 3.8) is 0 Å². The monoisotopic (exact) mass is 520 g/mol. The zero-order valence-corrected chi connectivity index (χ0v) is 21.0. The molecule has 38 heavy (non-hydrogen) atoms. The van der Waals surface area contributed by atoms with E-state index in [0.717, 1.165) is 33.4 Å². The van der Waals surface area contributed by atoms with Crippen molar-refractivity contribution >= 4 is 50.9 Å². The molecule has 3 aromatic carbocycles. The molecule has 4 N–H and O–H groups in total. The molecule has 0 unspecified atom stereocenters. The van der Waals surface area contributed by atoms with E-state index in [-0.39, 0.29) is 17.2 Å². The second-order valence-corrected chi connectivity index (χ2v) is 9.10. The van der Waals surface area contributed by atoms with E-state index in [1.54, 1.807) is 13.3 Å². The Morgan fingerprint density at radius 3 is 2.61 bits per heavy atom. The fraction of sp³-hybridized carbons (Fsp3) is 0.0345. The number of aromatic amines is 1. The molecule has 3 aromatic heterocycles. The smallest absolute Gasteiger partial charge is 0.262 e. The van der Waals surface area contributed by atoms with E-state index in [0.29, 0.717) is 27.4 Å². The van der Waals surface area contributed by atoms with E-state index in [1.165, 1.54) is 0 Å². The molecule has 0 aliphatic heterocycles. The van der Waals surface area contributed by atoms with Crippen LogP contribution in [0.2, 0.25) is 5.02 Å². The molecule has 0 bridgehead atoms. The number of rotatable bonds is 5. The minimum Gasteiger partial charge on any atom is -0.497 e. The first-order valence-corrected chi connectivity index (χ1v) is 12.1. The van der Waals surface area contributed by atoms with Crippen LogP contribution >= 0.6 is 11.6 Å². The van der Waals surface area contributed by atoms with Crippen LogP contribution in [0, 0.1) is 0 Å². The number of halogens is 1. The summed E-state index contributed by atoms with van der Waals surface area (Å²) in [6.45, 7) is 0. The summed E-state index contributed by atoms with van der Waals surface area (Å²) in [6, 6.07) is 24.8. The minimum absolute atomic E-state index is 0.00733. The molecule has 0 spiro atoms. The van der Waals surface area contributed by atoms with Gasteiger partial charge in [-0.3, -0.25) is 14.8 Å². The van der Waals surface area contributed by atoms with Gasteiger partial charge in [0.25, 0.3) is 5.56 Å².